The number of rotatable bonds is 8. The number of nitrogens with one attached hydrogen (secondary N) is 1. The van der Waals surface area contributed by atoms with Crippen molar-refractivity contribution >= 4 is 18.0 Å². The molecule has 1 aliphatic carbocycles. The molecule has 1 aliphatic heterocycles. The van der Waals surface area contributed by atoms with Crippen molar-refractivity contribution in [2.24, 2.45) is 0 Å². The van der Waals surface area contributed by atoms with Crippen LogP contribution >= 0.6 is 0 Å². The first-order valence-corrected chi connectivity index (χ1v) is 12.1. The van der Waals surface area contributed by atoms with Crippen LogP contribution in [-0.2, 0) is 14.3 Å². The number of hydrogen-bond acceptors (Lipinski definition) is 5. The first-order valence-electron chi connectivity index (χ1n) is 12.1. The van der Waals surface area contributed by atoms with Gasteiger partial charge in [-0.05, 0) is 55.6 Å². The number of nitrogens with zero attached hydrogens (tertiary/aromatic N) is 2. The topological polar surface area (TPSA) is 99.2 Å². The Kier molecular flexibility index (Phi) is 7.70. The molecular formula is C27H33N3O5. The molecule has 4 rings (SSSR count). The van der Waals surface area contributed by atoms with Crippen molar-refractivity contribution in [2.45, 2.75) is 43.7 Å². The minimum absolute atomic E-state index is 0.0711. The highest BCUT2D eigenvalue weighted by molar-refractivity contribution is 5.87. The number of carboxylic acids is 1. The molecule has 1 fully saturated rings. The Hall–Kier alpha value is -3.39. The van der Waals surface area contributed by atoms with Gasteiger partial charge in [0.1, 0.15) is 12.6 Å². The molecule has 0 saturated carbocycles. The molecule has 0 bridgehead atoms. The molecule has 2 amide bonds. The van der Waals surface area contributed by atoms with Crippen LogP contribution in [0.5, 0.6) is 0 Å². The number of hydrogen-bond donors (Lipinski definition) is 2. The number of piperidine rings is 1. The van der Waals surface area contributed by atoms with Crippen LogP contribution in [0.4, 0.5) is 4.79 Å². The Balaban J connectivity index is 1.44. The van der Waals surface area contributed by atoms with Gasteiger partial charge >= 0.3 is 12.1 Å². The van der Waals surface area contributed by atoms with E-state index < -0.39 is 18.1 Å². The van der Waals surface area contributed by atoms with Crippen molar-refractivity contribution in [3.8, 4) is 11.1 Å². The van der Waals surface area contributed by atoms with E-state index in [0.717, 1.165) is 35.1 Å². The maximum atomic E-state index is 13.4. The zero-order valence-electron chi connectivity index (χ0n) is 20.3. The van der Waals surface area contributed by atoms with E-state index in [0.29, 0.717) is 19.5 Å². The van der Waals surface area contributed by atoms with Gasteiger partial charge in [-0.2, -0.15) is 0 Å². The van der Waals surface area contributed by atoms with E-state index in [1.165, 1.54) is 0 Å². The second kappa shape index (κ2) is 10.9. The van der Waals surface area contributed by atoms with E-state index in [9.17, 15) is 19.5 Å². The number of ether oxygens (including phenoxy) is 1. The predicted octanol–water partition coefficient (Wildman–Crippen LogP) is 3.31. The monoisotopic (exact) mass is 479 g/mol. The lowest BCUT2D eigenvalue weighted by atomic mass is 9.98. The van der Waals surface area contributed by atoms with Crippen molar-refractivity contribution in [3.63, 3.8) is 0 Å². The van der Waals surface area contributed by atoms with Crippen molar-refractivity contribution in [3.05, 3.63) is 59.7 Å². The summed E-state index contributed by atoms with van der Waals surface area (Å²) in [5.74, 6) is -1.26. The molecule has 2 atom stereocenters. The summed E-state index contributed by atoms with van der Waals surface area (Å²) in [7, 11) is 3.65. The predicted molar refractivity (Wildman–Crippen MR) is 132 cm³/mol. The summed E-state index contributed by atoms with van der Waals surface area (Å²) in [5.41, 5.74) is 4.53. The summed E-state index contributed by atoms with van der Waals surface area (Å²) in [6, 6.07) is 15.0. The average Bonchev–Trinajstić information content (AvgIpc) is 3.15. The van der Waals surface area contributed by atoms with E-state index >= 15 is 0 Å². The normalized spacial score (nSPS) is 18.0. The fourth-order valence-electron chi connectivity index (χ4n) is 5.24. The first-order chi connectivity index (χ1) is 16.8. The second-order valence-electron chi connectivity index (χ2n) is 9.56. The van der Waals surface area contributed by atoms with E-state index in [-0.39, 0.29) is 30.9 Å². The van der Waals surface area contributed by atoms with Crippen LogP contribution in [0.1, 0.15) is 42.7 Å². The summed E-state index contributed by atoms with van der Waals surface area (Å²) >= 11 is 0. The molecule has 8 heteroatoms. The molecule has 2 aromatic rings. The number of benzene rings is 2. The van der Waals surface area contributed by atoms with Gasteiger partial charge in [0.25, 0.3) is 0 Å². The van der Waals surface area contributed by atoms with Gasteiger partial charge in [0.05, 0.1) is 6.42 Å². The van der Waals surface area contributed by atoms with Crippen molar-refractivity contribution in [1.82, 2.24) is 15.1 Å². The van der Waals surface area contributed by atoms with Crippen LogP contribution in [-0.4, -0.2) is 78.8 Å². The lowest BCUT2D eigenvalue weighted by molar-refractivity contribution is -0.143. The quantitative estimate of drug-likeness (QED) is 0.603. The van der Waals surface area contributed by atoms with Gasteiger partial charge < -0.3 is 25.0 Å². The minimum Gasteiger partial charge on any atom is -0.481 e. The number of carboxylic acid groups (broad SMARTS) is 1. The fourth-order valence-corrected chi connectivity index (χ4v) is 5.24. The number of aliphatic carboxylic acids is 1. The van der Waals surface area contributed by atoms with Crippen molar-refractivity contribution in [1.29, 1.82) is 0 Å². The Labute approximate surface area is 205 Å². The number of likely N-dealkylation sites (tertiary alicyclic amines) is 1. The molecule has 35 heavy (non-hydrogen) atoms. The smallest absolute Gasteiger partial charge is 0.407 e. The maximum absolute atomic E-state index is 13.4. The largest absolute Gasteiger partial charge is 0.481 e. The van der Waals surface area contributed by atoms with Gasteiger partial charge in [-0.25, -0.2) is 4.79 Å². The molecule has 0 aromatic heterocycles. The van der Waals surface area contributed by atoms with Crippen molar-refractivity contribution in [2.75, 3.05) is 33.8 Å². The van der Waals surface area contributed by atoms with Gasteiger partial charge in [0.2, 0.25) is 5.91 Å². The third-order valence-electron chi connectivity index (χ3n) is 6.80. The second-order valence-corrected chi connectivity index (χ2v) is 9.56. The Morgan fingerprint density at radius 1 is 1.06 bits per heavy atom. The number of likely N-dealkylation sites (N-methyl/N-ethyl adjacent to an activating group) is 1. The average molecular weight is 480 g/mol. The van der Waals surface area contributed by atoms with Crippen LogP contribution in [0.2, 0.25) is 0 Å². The third kappa shape index (κ3) is 5.65. The number of fused-ring (bicyclic) bond motifs is 3. The van der Waals surface area contributed by atoms with Gasteiger partial charge in [0, 0.05) is 25.0 Å². The number of amides is 2. The molecule has 1 unspecified atom stereocenters. The van der Waals surface area contributed by atoms with E-state index in [2.05, 4.69) is 29.6 Å². The summed E-state index contributed by atoms with van der Waals surface area (Å²) in [6.07, 6.45) is 1.61. The molecule has 186 valence electrons. The van der Waals surface area contributed by atoms with Crippen LogP contribution in [0.3, 0.4) is 0 Å². The lowest BCUT2D eigenvalue weighted by Crippen LogP contribution is -2.56. The zero-order chi connectivity index (χ0) is 24.9. The third-order valence-corrected chi connectivity index (χ3v) is 6.80. The van der Waals surface area contributed by atoms with E-state index in [1.807, 2.05) is 43.3 Å². The number of alkyl carbamates (subject to hydrolysis) is 1. The van der Waals surface area contributed by atoms with E-state index in [1.54, 1.807) is 4.90 Å². The Bertz CT molecular complexity index is 1040. The van der Waals surface area contributed by atoms with Gasteiger partial charge in [-0.3, -0.25) is 9.59 Å². The molecule has 2 aliphatic rings. The molecule has 1 heterocycles. The summed E-state index contributed by atoms with van der Waals surface area (Å²) in [6.45, 7) is 0.945. The molecular weight excluding hydrogens is 446 g/mol. The van der Waals surface area contributed by atoms with Crippen LogP contribution in [0.25, 0.3) is 11.1 Å². The highest BCUT2D eigenvalue weighted by Crippen LogP contribution is 2.44. The first kappa shape index (κ1) is 24.7. The molecule has 2 N–H and O–H groups in total. The van der Waals surface area contributed by atoms with Gasteiger partial charge in [0.15, 0.2) is 0 Å². The summed E-state index contributed by atoms with van der Waals surface area (Å²) < 4.78 is 5.65. The van der Waals surface area contributed by atoms with Gasteiger partial charge in [-0.1, -0.05) is 48.5 Å². The summed E-state index contributed by atoms with van der Waals surface area (Å²) in [4.78, 5) is 41.0. The summed E-state index contributed by atoms with van der Waals surface area (Å²) in [5, 5.41) is 12.0. The van der Waals surface area contributed by atoms with Gasteiger partial charge in [-0.15, -0.1) is 0 Å². The molecule has 1 saturated heterocycles. The van der Waals surface area contributed by atoms with Crippen LogP contribution in [0.15, 0.2) is 48.5 Å². The SMILES string of the molecule is CN(C)CC(NC(=O)OCC1c2ccccc2-c2ccccc21)C(=O)N1CCCC[C@H]1CC(=O)O. The fraction of sp³-hybridized carbons (Fsp3) is 0.444. The highest BCUT2D eigenvalue weighted by Gasteiger charge is 2.35. The number of carbonyl (C=O) groups excluding carboxylic acids is 2. The number of carbonyl (C=O) groups is 3. The Morgan fingerprint density at radius 3 is 2.29 bits per heavy atom. The Morgan fingerprint density at radius 2 is 1.69 bits per heavy atom. The van der Waals surface area contributed by atoms with Crippen LogP contribution in [0, 0.1) is 0 Å². The molecule has 0 radical (unpaired) electrons. The maximum Gasteiger partial charge on any atom is 0.407 e. The molecule has 8 nitrogen and oxygen atoms in total. The molecule has 2 aromatic carbocycles. The standard InChI is InChI=1S/C27H33N3O5/c1-29(2)16-24(26(33)30-14-8-7-9-18(30)15-25(31)32)28-27(34)35-17-23-21-12-5-3-10-19(21)20-11-4-6-13-22(20)23/h3-6,10-13,18,23-24H,7-9,14-17H2,1-2H3,(H,28,34)(H,31,32)/t18-,24?/m0/s1. The zero-order valence-corrected chi connectivity index (χ0v) is 20.3. The van der Waals surface area contributed by atoms with E-state index in [4.69, 9.17) is 4.74 Å². The lowest BCUT2D eigenvalue weighted by Gasteiger charge is -2.37. The molecule has 0 spiro atoms. The van der Waals surface area contributed by atoms with Crippen molar-refractivity contribution < 1.29 is 24.2 Å². The van der Waals surface area contributed by atoms with Crippen LogP contribution < -0.4 is 5.32 Å². The minimum atomic E-state index is -0.927. The highest BCUT2D eigenvalue weighted by atomic mass is 16.5.